The number of aromatic nitrogens is 1. The first kappa shape index (κ1) is 10.2. The SMILES string of the molecule is ClC1=Cc2cc(Cl)nc3c(Cl)ccc(c23)N1. The second kappa shape index (κ2) is 3.52. The average molecular weight is 272 g/mol. The van der Waals surface area contributed by atoms with Gasteiger partial charge in [0.25, 0.3) is 0 Å². The molecule has 1 aliphatic heterocycles. The molecular formula is C11H5Cl3N2. The zero-order valence-electron chi connectivity index (χ0n) is 7.89. The monoisotopic (exact) mass is 270 g/mol. The fraction of sp³-hybridized carbons (Fsp3) is 0. The lowest BCUT2D eigenvalue weighted by Gasteiger charge is -2.16. The van der Waals surface area contributed by atoms with E-state index in [2.05, 4.69) is 10.3 Å². The van der Waals surface area contributed by atoms with Crippen LogP contribution in [0.3, 0.4) is 0 Å². The minimum Gasteiger partial charge on any atom is -0.346 e. The van der Waals surface area contributed by atoms with Crippen molar-refractivity contribution in [2.45, 2.75) is 0 Å². The Morgan fingerprint density at radius 1 is 1.12 bits per heavy atom. The molecular weight excluding hydrogens is 266 g/mol. The molecule has 0 saturated carbocycles. The number of nitrogens with one attached hydrogen (secondary N) is 1. The predicted octanol–water partition coefficient (Wildman–Crippen LogP) is 4.50. The van der Waals surface area contributed by atoms with Gasteiger partial charge in [-0.25, -0.2) is 4.98 Å². The molecule has 1 N–H and O–H groups in total. The molecule has 2 nitrogen and oxygen atoms in total. The van der Waals surface area contributed by atoms with Gasteiger partial charge in [0.15, 0.2) is 0 Å². The van der Waals surface area contributed by atoms with Crippen LogP contribution in [0.2, 0.25) is 10.2 Å². The molecule has 0 saturated heterocycles. The van der Waals surface area contributed by atoms with Crippen LogP contribution in [-0.4, -0.2) is 4.98 Å². The van der Waals surface area contributed by atoms with Crippen LogP contribution in [0.1, 0.15) is 5.56 Å². The standard InChI is InChI=1S/C11H5Cl3N2/c12-6-1-2-7-10-5(3-8(13)15-7)4-9(14)16-11(6)10/h1-4,15H. The maximum Gasteiger partial charge on any atom is 0.130 e. The molecule has 0 spiro atoms. The molecule has 1 aliphatic rings. The van der Waals surface area contributed by atoms with Crippen LogP contribution in [0.4, 0.5) is 5.69 Å². The number of rotatable bonds is 0. The van der Waals surface area contributed by atoms with Crippen LogP contribution in [0.15, 0.2) is 23.4 Å². The first-order valence-corrected chi connectivity index (χ1v) is 5.71. The molecule has 1 aromatic carbocycles. The predicted molar refractivity (Wildman–Crippen MR) is 69.2 cm³/mol. The molecule has 5 heteroatoms. The van der Waals surface area contributed by atoms with Crippen molar-refractivity contribution >= 4 is 57.5 Å². The van der Waals surface area contributed by atoms with E-state index in [-0.39, 0.29) is 0 Å². The number of anilines is 1. The third-order valence-corrected chi connectivity index (χ3v) is 3.15. The first-order valence-electron chi connectivity index (χ1n) is 4.58. The molecule has 0 fully saturated rings. The first-order chi connectivity index (χ1) is 7.65. The number of nitrogens with zero attached hydrogens (tertiary/aromatic N) is 1. The van der Waals surface area contributed by atoms with Gasteiger partial charge >= 0.3 is 0 Å². The van der Waals surface area contributed by atoms with Crippen LogP contribution in [0.25, 0.3) is 17.0 Å². The number of halogens is 3. The quantitative estimate of drug-likeness (QED) is 0.563. The molecule has 80 valence electrons. The van der Waals surface area contributed by atoms with Crippen molar-refractivity contribution in [3.8, 4) is 0 Å². The lowest BCUT2D eigenvalue weighted by molar-refractivity contribution is 1.39. The van der Waals surface area contributed by atoms with Crippen molar-refractivity contribution in [2.75, 3.05) is 5.32 Å². The van der Waals surface area contributed by atoms with E-state index in [1.54, 1.807) is 18.2 Å². The normalized spacial score (nSPS) is 13.6. The lowest BCUT2D eigenvalue weighted by Crippen LogP contribution is -2.01. The van der Waals surface area contributed by atoms with Crippen molar-refractivity contribution < 1.29 is 0 Å². The average Bonchev–Trinajstić information content (AvgIpc) is 2.22. The van der Waals surface area contributed by atoms with E-state index in [9.17, 15) is 0 Å². The van der Waals surface area contributed by atoms with Gasteiger partial charge in [-0.2, -0.15) is 0 Å². The van der Waals surface area contributed by atoms with Gasteiger partial charge in [0.1, 0.15) is 10.3 Å². The zero-order chi connectivity index (χ0) is 11.3. The summed E-state index contributed by atoms with van der Waals surface area (Å²) in [4.78, 5) is 4.22. The second-order valence-electron chi connectivity index (χ2n) is 3.47. The van der Waals surface area contributed by atoms with Crippen LogP contribution in [-0.2, 0) is 0 Å². The molecule has 0 atom stereocenters. The fourth-order valence-corrected chi connectivity index (χ4v) is 2.45. The molecule has 2 aromatic rings. The highest BCUT2D eigenvalue weighted by Crippen LogP contribution is 2.37. The van der Waals surface area contributed by atoms with Gasteiger partial charge in [0.05, 0.1) is 10.5 Å². The highest BCUT2D eigenvalue weighted by atomic mass is 35.5. The maximum absolute atomic E-state index is 6.09. The molecule has 3 rings (SSSR count). The number of hydrogen-bond acceptors (Lipinski definition) is 2. The molecule has 0 amide bonds. The number of pyridine rings is 1. The summed E-state index contributed by atoms with van der Waals surface area (Å²) >= 11 is 18.0. The molecule has 0 unspecified atom stereocenters. The Labute approximate surface area is 107 Å². The Balaban J connectivity index is 2.52. The molecule has 1 aromatic heterocycles. The third-order valence-electron chi connectivity index (χ3n) is 2.45. The zero-order valence-corrected chi connectivity index (χ0v) is 10.2. The molecule has 0 aliphatic carbocycles. The number of benzene rings is 1. The summed E-state index contributed by atoms with van der Waals surface area (Å²) in [7, 11) is 0. The largest absolute Gasteiger partial charge is 0.346 e. The summed E-state index contributed by atoms with van der Waals surface area (Å²) in [6, 6.07) is 5.42. The summed E-state index contributed by atoms with van der Waals surface area (Å²) in [6.07, 6.45) is 1.81. The van der Waals surface area contributed by atoms with Gasteiger partial charge in [-0.15, -0.1) is 0 Å². The van der Waals surface area contributed by atoms with E-state index in [1.165, 1.54) is 0 Å². The molecule has 0 radical (unpaired) electrons. The Morgan fingerprint density at radius 3 is 2.75 bits per heavy atom. The lowest BCUT2D eigenvalue weighted by atomic mass is 10.0. The highest BCUT2D eigenvalue weighted by molar-refractivity contribution is 6.38. The summed E-state index contributed by atoms with van der Waals surface area (Å²) < 4.78 is 0. The van der Waals surface area contributed by atoms with Crippen molar-refractivity contribution in [3.63, 3.8) is 0 Å². The van der Waals surface area contributed by atoms with Crippen LogP contribution >= 0.6 is 34.8 Å². The van der Waals surface area contributed by atoms with E-state index in [4.69, 9.17) is 34.8 Å². The van der Waals surface area contributed by atoms with Crippen molar-refractivity contribution in [3.05, 3.63) is 39.1 Å². The van der Waals surface area contributed by atoms with Gasteiger partial charge in [0.2, 0.25) is 0 Å². The van der Waals surface area contributed by atoms with Gasteiger partial charge in [-0.3, -0.25) is 0 Å². The smallest absolute Gasteiger partial charge is 0.130 e. The summed E-state index contributed by atoms with van der Waals surface area (Å²) in [5, 5.41) is 5.54. The van der Waals surface area contributed by atoms with E-state index in [0.29, 0.717) is 20.8 Å². The molecule has 0 bridgehead atoms. The van der Waals surface area contributed by atoms with Crippen LogP contribution in [0, 0.1) is 0 Å². The van der Waals surface area contributed by atoms with E-state index in [1.807, 2.05) is 6.07 Å². The van der Waals surface area contributed by atoms with Crippen molar-refractivity contribution in [1.82, 2.24) is 4.98 Å². The Hall–Kier alpha value is -0.960. The van der Waals surface area contributed by atoms with E-state index in [0.717, 1.165) is 16.6 Å². The minimum atomic E-state index is 0.407. The van der Waals surface area contributed by atoms with Gasteiger partial charge < -0.3 is 5.32 Å². The summed E-state index contributed by atoms with van der Waals surface area (Å²) in [6.45, 7) is 0. The van der Waals surface area contributed by atoms with Crippen LogP contribution in [0.5, 0.6) is 0 Å². The Bertz CT molecular complexity index is 635. The fourth-order valence-electron chi connectivity index (χ4n) is 1.83. The Morgan fingerprint density at radius 2 is 1.94 bits per heavy atom. The summed E-state index contributed by atoms with van der Waals surface area (Å²) in [5.74, 6) is 0. The highest BCUT2D eigenvalue weighted by Gasteiger charge is 2.15. The van der Waals surface area contributed by atoms with Crippen molar-refractivity contribution in [2.24, 2.45) is 0 Å². The van der Waals surface area contributed by atoms with Crippen molar-refractivity contribution in [1.29, 1.82) is 0 Å². The van der Waals surface area contributed by atoms with Gasteiger partial charge in [-0.1, -0.05) is 34.8 Å². The summed E-state index contributed by atoms with van der Waals surface area (Å²) in [5.41, 5.74) is 2.51. The maximum atomic E-state index is 6.09. The van der Waals surface area contributed by atoms with Crippen LogP contribution < -0.4 is 5.32 Å². The van der Waals surface area contributed by atoms with Gasteiger partial charge in [-0.05, 0) is 29.8 Å². The van der Waals surface area contributed by atoms with E-state index < -0.39 is 0 Å². The minimum absolute atomic E-state index is 0.407. The molecule has 16 heavy (non-hydrogen) atoms. The second-order valence-corrected chi connectivity index (χ2v) is 4.67. The van der Waals surface area contributed by atoms with Gasteiger partial charge in [0, 0.05) is 11.1 Å². The van der Waals surface area contributed by atoms with E-state index >= 15 is 0 Å². The molecule has 2 heterocycles. The topological polar surface area (TPSA) is 24.9 Å². The number of hydrogen-bond donors (Lipinski definition) is 1. The third kappa shape index (κ3) is 1.46. The Kier molecular flexibility index (Phi) is 2.25.